The van der Waals surface area contributed by atoms with Crippen molar-refractivity contribution >= 4 is 17.9 Å². The third-order valence-corrected chi connectivity index (χ3v) is 13.8. The molecule has 6 heteroatoms. The van der Waals surface area contributed by atoms with Crippen LogP contribution in [0.5, 0.6) is 0 Å². The highest BCUT2D eigenvalue weighted by atomic mass is 16.6. The van der Waals surface area contributed by atoms with Gasteiger partial charge in [0.05, 0.1) is 0 Å². The molecule has 0 aliphatic rings. The number of hydrogen-bond donors (Lipinski definition) is 0. The lowest BCUT2D eigenvalue weighted by molar-refractivity contribution is -0.167. The zero-order chi connectivity index (χ0) is 51.4. The maximum absolute atomic E-state index is 12.9. The van der Waals surface area contributed by atoms with Crippen LogP contribution in [0.2, 0.25) is 0 Å². The maximum Gasteiger partial charge on any atom is 0.306 e. The molecule has 0 amide bonds. The van der Waals surface area contributed by atoms with Crippen molar-refractivity contribution in [2.45, 2.75) is 335 Å². The average Bonchev–Trinajstić information content (AvgIpc) is 3.37. The number of carbonyl (C=O) groups excluding carboxylic acids is 3. The summed E-state index contributed by atoms with van der Waals surface area (Å²) in [7, 11) is 0. The predicted molar refractivity (Wildman–Crippen MR) is 307 cm³/mol. The van der Waals surface area contributed by atoms with E-state index in [0.717, 1.165) is 96.3 Å². The minimum atomic E-state index is -0.780. The molecule has 0 aromatic heterocycles. The van der Waals surface area contributed by atoms with Gasteiger partial charge >= 0.3 is 17.9 Å². The first-order chi connectivity index (χ1) is 35.0. The molecular weight excluding hydrogens is 877 g/mol. The largest absolute Gasteiger partial charge is 0.462 e. The Morgan fingerprint density at radius 2 is 0.549 bits per heavy atom. The fraction of sp³-hybridized carbons (Fsp3) is 0.831. The fourth-order valence-electron chi connectivity index (χ4n) is 9.16. The van der Waals surface area contributed by atoms with Crippen LogP contribution in [0.25, 0.3) is 0 Å². The average molecular weight is 996 g/mol. The molecule has 0 bridgehead atoms. The molecule has 0 saturated heterocycles. The van der Waals surface area contributed by atoms with Gasteiger partial charge < -0.3 is 14.2 Å². The van der Waals surface area contributed by atoms with Crippen LogP contribution in [-0.2, 0) is 28.6 Å². The molecule has 0 rings (SSSR count). The molecule has 1 atom stereocenters. The molecule has 0 fully saturated rings. The van der Waals surface area contributed by atoms with E-state index >= 15 is 0 Å². The normalized spacial score (nSPS) is 12.3. The lowest BCUT2D eigenvalue weighted by atomic mass is 10.0. The standard InChI is InChI=1S/C65H118O6/c1-4-7-10-13-16-19-22-25-28-30-32-34-37-40-43-46-49-52-55-58-64(67)70-61-62(60-69-63(66)57-54-51-48-45-42-39-36-27-24-21-18-15-12-9-6-3)71-65(68)59-56-53-50-47-44-41-38-35-33-31-29-26-23-20-17-14-11-8-5-2/h9,12,18,21,26-27,29,36,62H,4-8,10-11,13-17,19-20,22-25,28,30-35,37-61H2,1-3H3/b12-9-,21-18-,29-26-,36-27-/t62-/m1/s1. The van der Waals surface area contributed by atoms with E-state index in [1.54, 1.807) is 0 Å². The number of rotatable bonds is 57. The summed E-state index contributed by atoms with van der Waals surface area (Å²) in [5, 5.41) is 0. The number of unbranched alkanes of at least 4 members (excludes halogenated alkanes) is 38. The Balaban J connectivity index is 4.34. The van der Waals surface area contributed by atoms with Gasteiger partial charge in [-0.2, -0.15) is 0 Å². The molecule has 0 aromatic carbocycles. The Morgan fingerprint density at radius 3 is 0.873 bits per heavy atom. The SMILES string of the molecule is CC/C=C\C/C=C\C/C=C\CCCCCCCC(=O)OC[C@H](COC(=O)CCCCCCCCCCCCCCCCCCCCC)OC(=O)CCCCCCCCCCC/C=C\CCCCCCCC. The van der Waals surface area contributed by atoms with E-state index in [1.165, 1.54) is 193 Å². The van der Waals surface area contributed by atoms with Crippen LogP contribution >= 0.6 is 0 Å². The zero-order valence-corrected chi connectivity index (χ0v) is 47.5. The van der Waals surface area contributed by atoms with Crippen LogP contribution in [0.4, 0.5) is 0 Å². The summed E-state index contributed by atoms with van der Waals surface area (Å²) in [6.45, 7) is 6.56. The van der Waals surface area contributed by atoms with E-state index in [2.05, 4.69) is 69.4 Å². The Bertz CT molecular complexity index is 1230. The van der Waals surface area contributed by atoms with Gasteiger partial charge in [-0.15, -0.1) is 0 Å². The number of esters is 3. The van der Waals surface area contributed by atoms with Gasteiger partial charge in [0.2, 0.25) is 0 Å². The van der Waals surface area contributed by atoms with Crippen molar-refractivity contribution in [1.29, 1.82) is 0 Å². The minimum absolute atomic E-state index is 0.0759. The van der Waals surface area contributed by atoms with Crippen LogP contribution in [0, 0.1) is 0 Å². The minimum Gasteiger partial charge on any atom is -0.462 e. The highest BCUT2D eigenvalue weighted by molar-refractivity contribution is 5.71. The summed E-state index contributed by atoms with van der Waals surface area (Å²) in [6, 6.07) is 0. The van der Waals surface area contributed by atoms with Crippen molar-refractivity contribution in [1.82, 2.24) is 0 Å². The number of allylic oxidation sites excluding steroid dienone is 8. The Kier molecular flexibility index (Phi) is 57.7. The van der Waals surface area contributed by atoms with Crippen molar-refractivity contribution < 1.29 is 28.6 Å². The number of carbonyl (C=O) groups is 3. The van der Waals surface area contributed by atoms with E-state index in [1.807, 2.05) is 0 Å². The highest BCUT2D eigenvalue weighted by Crippen LogP contribution is 2.17. The summed E-state index contributed by atoms with van der Waals surface area (Å²) in [5.41, 5.74) is 0. The molecule has 0 aliphatic heterocycles. The number of hydrogen-bond acceptors (Lipinski definition) is 6. The zero-order valence-electron chi connectivity index (χ0n) is 47.5. The Morgan fingerprint density at radius 1 is 0.296 bits per heavy atom. The summed E-state index contributed by atoms with van der Waals surface area (Å²) in [5.74, 6) is -0.876. The highest BCUT2D eigenvalue weighted by Gasteiger charge is 2.19. The molecule has 71 heavy (non-hydrogen) atoms. The first-order valence-corrected chi connectivity index (χ1v) is 31.1. The second-order valence-corrected chi connectivity index (χ2v) is 20.9. The van der Waals surface area contributed by atoms with Gasteiger partial charge in [0, 0.05) is 19.3 Å². The predicted octanol–water partition coefficient (Wildman–Crippen LogP) is 21.0. The Hall–Kier alpha value is -2.63. The van der Waals surface area contributed by atoms with E-state index in [-0.39, 0.29) is 31.1 Å². The van der Waals surface area contributed by atoms with E-state index in [9.17, 15) is 14.4 Å². The topological polar surface area (TPSA) is 78.9 Å². The molecule has 0 heterocycles. The monoisotopic (exact) mass is 995 g/mol. The van der Waals surface area contributed by atoms with Gasteiger partial charge in [-0.25, -0.2) is 0 Å². The van der Waals surface area contributed by atoms with Crippen molar-refractivity contribution in [3.8, 4) is 0 Å². The van der Waals surface area contributed by atoms with Crippen LogP contribution < -0.4 is 0 Å². The van der Waals surface area contributed by atoms with Crippen LogP contribution in [0.3, 0.4) is 0 Å². The van der Waals surface area contributed by atoms with Crippen molar-refractivity contribution in [2.24, 2.45) is 0 Å². The van der Waals surface area contributed by atoms with Crippen molar-refractivity contribution in [2.75, 3.05) is 13.2 Å². The van der Waals surface area contributed by atoms with E-state index in [4.69, 9.17) is 14.2 Å². The summed E-state index contributed by atoms with van der Waals surface area (Å²) in [4.78, 5) is 38.3. The smallest absolute Gasteiger partial charge is 0.306 e. The van der Waals surface area contributed by atoms with Gasteiger partial charge in [0.1, 0.15) is 13.2 Å². The lowest BCUT2D eigenvalue weighted by Crippen LogP contribution is -2.30. The van der Waals surface area contributed by atoms with Crippen LogP contribution in [0.1, 0.15) is 329 Å². The summed E-state index contributed by atoms with van der Waals surface area (Å²) in [6.07, 6.45) is 74.0. The van der Waals surface area contributed by atoms with Gasteiger partial charge in [-0.3, -0.25) is 14.4 Å². The molecular formula is C65H118O6. The van der Waals surface area contributed by atoms with Crippen molar-refractivity contribution in [3.63, 3.8) is 0 Å². The van der Waals surface area contributed by atoms with Crippen molar-refractivity contribution in [3.05, 3.63) is 48.6 Å². The first kappa shape index (κ1) is 68.4. The second kappa shape index (κ2) is 59.9. The molecule has 414 valence electrons. The summed E-state index contributed by atoms with van der Waals surface area (Å²) >= 11 is 0. The fourth-order valence-corrected chi connectivity index (χ4v) is 9.16. The van der Waals surface area contributed by atoms with Gasteiger partial charge in [0.15, 0.2) is 6.10 Å². The lowest BCUT2D eigenvalue weighted by Gasteiger charge is -2.18. The Labute approximate surface area is 441 Å². The van der Waals surface area contributed by atoms with Crippen LogP contribution in [0.15, 0.2) is 48.6 Å². The molecule has 0 N–H and O–H groups in total. The van der Waals surface area contributed by atoms with Gasteiger partial charge in [0.25, 0.3) is 0 Å². The molecule has 0 saturated carbocycles. The molecule has 0 spiro atoms. The third kappa shape index (κ3) is 58.1. The van der Waals surface area contributed by atoms with E-state index < -0.39 is 6.10 Å². The molecule has 0 aromatic rings. The second-order valence-electron chi connectivity index (χ2n) is 20.9. The van der Waals surface area contributed by atoms with E-state index in [0.29, 0.717) is 19.3 Å². The van der Waals surface area contributed by atoms with Crippen LogP contribution in [-0.4, -0.2) is 37.2 Å². The number of ether oxygens (including phenoxy) is 3. The molecule has 0 aliphatic carbocycles. The van der Waals surface area contributed by atoms with Gasteiger partial charge in [-0.05, 0) is 77.0 Å². The molecule has 0 unspecified atom stereocenters. The maximum atomic E-state index is 12.9. The molecule has 0 radical (unpaired) electrons. The first-order valence-electron chi connectivity index (χ1n) is 31.1. The molecule has 6 nitrogen and oxygen atoms in total. The van der Waals surface area contributed by atoms with Gasteiger partial charge in [-0.1, -0.05) is 281 Å². The third-order valence-electron chi connectivity index (χ3n) is 13.8. The summed E-state index contributed by atoms with van der Waals surface area (Å²) < 4.78 is 16.9. The quantitative estimate of drug-likeness (QED) is 0.0261.